The average molecular weight is 259 g/mol. The smallest absolute Gasteiger partial charge is 0.305 e. The molecule has 0 radical (unpaired) electrons. The van der Waals surface area contributed by atoms with Gasteiger partial charge >= 0.3 is 5.97 Å². The Labute approximate surface area is 107 Å². The largest absolute Gasteiger partial charge is 0.481 e. The summed E-state index contributed by atoms with van der Waals surface area (Å²) in [5.41, 5.74) is -0.239. The van der Waals surface area contributed by atoms with Crippen molar-refractivity contribution in [3.8, 4) is 0 Å². The predicted octanol–water partition coefficient (Wildman–Crippen LogP) is 1.89. The maximum atomic E-state index is 12.0. The van der Waals surface area contributed by atoms with Gasteiger partial charge in [0.2, 0.25) is 5.91 Å². The Bertz CT molecular complexity index is 293. The summed E-state index contributed by atoms with van der Waals surface area (Å²) < 4.78 is 0. The second kappa shape index (κ2) is 5.76. The van der Waals surface area contributed by atoms with Crippen LogP contribution in [-0.2, 0) is 9.59 Å². The molecule has 0 spiro atoms. The number of thioether (sulfide) groups is 1. The summed E-state index contributed by atoms with van der Waals surface area (Å²) in [6, 6.07) is -0.311. The van der Waals surface area contributed by atoms with Crippen LogP contribution in [0.2, 0.25) is 0 Å². The zero-order valence-corrected chi connectivity index (χ0v) is 11.5. The number of nitrogens with one attached hydrogen (secondary N) is 1. The van der Waals surface area contributed by atoms with E-state index in [4.69, 9.17) is 5.11 Å². The maximum absolute atomic E-state index is 12.0. The predicted molar refractivity (Wildman–Crippen MR) is 69.1 cm³/mol. The van der Waals surface area contributed by atoms with E-state index >= 15 is 0 Å². The van der Waals surface area contributed by atoms with Crippen molar-refractivity contribution in [3.63, 3.8) is 0 Å². The van der Waals surface area contributed by atoms with E-state index in [1.807, 2.05) is 20.8 Å². The van der Waals surface area contributed by atoms with Crippen molar-refractivity contribution in [2.75, 3.05) is 5.75 Å². The van der Waals surface area contributed by atoms with Crippen LogP contribution in [0.25, 0.3) is 0 Å². The van der Waals surface area contributed by atoms with Crippen LogP contribution in [0.5, 0.6) is 0 Å². The topological polar surface area (TPSA) is 66.4 Å². The van der Waals surface area contributed by atoms with Gasteiger partial charge in [-0.2, -0.15) is 0 Å². The molecule has 2 unspecified atom stereocenters. The molecule has 4 nitrogen and oxygen atoms in total. The van der Waals surface area contributed by atoms with Gasteiger partial charge < -0.3 is 10.4 Å². The summed E-state index contributed by atoms with van der Waals surface area (Å²) in [5.74, 6) is 0.148. The molecule has 5 heteroatoms. The maximum Gasteiger partial charge on any atom is 0.305 e. The zero-order chi connectivity index (χ0) is 13.1. The van der Waals surface area contributed by atoms with E-state index in [0.29, 0.717) is 0 Å². The molecular formula is C12H21NO3S. The van der Waals surface area contributed by atoms with Gasteiger partial charge in [0.05, 0.1) is 11.7 Å². The Hall–Kier alpha value is -0.710. The molecule has 0 bridgehead atoms. The highest BCUT2D eigenvalue weighted by atomic mass is 32.2. The second-order valence-corrected chi connectivity index (χ2v) is 6.84. The van der Waals surface area contributed by atoms with E-state index < -0.39 is 5.97 Å². The number of carbonyl (C=O) groups excluding carboxylic acids is 1. The molecule has 1 heterocycles. The molecule has 1 aliphatic rings. The molecule has 2 atom stereocenters. The van der Waals surface area contributed by atoms with Gasteiger partial charge in [0.25, 0.3) is 0 Å². The quantitative estimate of drug-likeness (QED) is 0.809. The first-order valence-electron chi connectivity index (χ1n) is 5.94. The van der Waals surface area contributed by atoms with Crippen molar-refractivity contribution < 1.29 is 14.7 Å². The number of carboxylic acid groups (broad SMARTS) is 1. The number of carboxylic acids is 1. The molecule has 0 aliphatic carbocycles. The van der Waals surface area contributed by atoms with Gasteiger partial charge in [-0.15, -0.1) is 11.8 Å². The van der Waals surface area contributed by atoms with Gasteiger partial charge in [-0.1, -0.05) is 20.8 Å². The van der Waals surface area contributed by atoms with Gasteiger partial charge in [0, 0.05) is 6.04 Å². The molecule has 1 fully saturated rings. The first-order chi connectivity index (χ1) is 7.80. The van der Waals surface area contributed by atoms with Crippen LogP contribution >= 0.6 is 11.8 Å². The monoisotopic (exact) mass is 259 g/mol. The first-order valence-corrected chi connectivity index (χ1v) is 6.99. The molecule has 1 aliphatic heterocycles. The van der Waals surface area contributed by atoms with E-state index in [0.717, 1.165) is 18.6 Å². The van der Waals surface area contributed by atoms with Gasteiger partial charge in [-0.25, -0.2) is 0 Å². The molecule has 2 N–H and O–H groups in total. The minimum atomic E-state index is -0.871. The number of rotatable bonds is 4. The Morgan fingerprint density at radius 1 is 1.47 bits per heavy atom. The van der Waals surface area contributed by atoms with E-state index in [1.165, 1.54) is 0 Å². The summed E-state index contributed by atoms with van der Waals surface area (Å²) >= 11 is 1.66. The fourth-order valence-electron chi connectivity index (χ4n) is 1.80. The fourth-order valence-corrected chi connectivity index (χ4v) is 2.97. The highest BCUT2D eigenvalue weighted by Gasteiger charge is 2.31. The van der Waals surface area contributed by atoms with Crippen LogP contribution < -0.4 is 5.32 Å². The van der Waals surface area contributed by atoms with Gasteiger partial charge in [-0.3, -0.25) is 9.59 Å². The molecule has 1 saturated heterocycles. The lowest BCUT2D eigenvalue weighted by Gasteiger charge is -2.31. The first kappa shape index (κ1) is 14.4. The third-order valence-corrected chi connectivity index (χ3v) is 4.34. The SMILES string of the molecule is CC(C)(C)C(CC(=O)O)NC(=O)C1CCCS1. The summed E-state index contributed by atoms with van der Waals surface area (Å²) in [7, 11) is 0. The molecule has 0 aromatic carbocycles. The van der Waals surface area contributed by atoms with Crippen molar-refractivity contribution in [1.82, 2.24) is 5.32 Å². The average Bonchev–Trinajstić information content (AvgIpc) is 2.66. The molecule has 17 heavy (non-hydrogen) atoms. The van der Waals surface area contributed by atoms with Crippen LogP contribution in [0.4, 0.5) is 0 Å². The zero-order valence-electron chi connectivity index (χ0n) is 10.7. The van der Waals surface area contributed by atoms with Crippen LogP contribution in [0.15, 0.2) is 0 Å². The van der Waals surface area contributed by atoms with Crippen LogP contribution in [0, 0.1) is 5.41 Å². The lowest BCUT2D eigenvalue weighted by molar-refractivity contribution is -0.138. The van der Waals surface area contributed by atoms with Crippen LogP contribution in [0.1, 0.15) is 40.0 Å². The molecule has 1 rings (SSSR count). The van der Waals surface area contributed by atoms with Crippen LogP contribution in [0.3, 0.4) is 0 Å². The van der Waals surface area contributed by atoms with Crippen molar-refractivity contribution in [1.29, 1.82) is 0 Å². The number of hydrogen-bond donors (Lipinski definition) is 2. The summed E-state index contributed by atoms with van der Waals surface area (Å²) in [6.07, 6.45) is 1.95. The molecular weight excluding hydrogens is 238 g/mol. The number of aliphatic carboxylic acids is 1. The van der Waals surface area contributed by atoms with E-state index in [2.05, 4.69) is 5.32 Å². The summed E-state index contributed by atoms with van der Waals surface area (Å²) in [6.45, 7) is 5.84. The number of carbonyl (C=O) groups is 2. The van der Waals surface area contributed by atoms with E-state index in [9.17, 15) is 9.59 Å². The van der Waals surface area contributed by atoms with Gasteiger partial charge in [0.15, 0.2) is 0 Å². The van der Waals surface area contributed by atoms with E-state index in [1.54, 1.807) is 11.8 Å². The standard InChI is InChI=1S/C12H21NO3S/c1-12(2,3)9(7-10(14)15)13-11(16)8-5-4-6-17-8/h8-9H,4-7H2,1-3H3,(H,13,16)(H,14,15). The molecule has 98 valence electrons. The van der Waals surface area contributed by atoms with Crippen molar-refractivity contribution in [2.45, 2.75) is 51.3 Å². The third-order valence-electron chi connectivity index (χ3n) is 2.96. The lowest BCUT2D eigenvalue weighted by atomic mass is 9.84. The lowest BCUT2D eigenvalue weighted by Crippen LogP contribution is -2.47. The molecule has 1 amide bonds. The highest BCUT2D eigenvalue weighted by molar-refractivity contribution is 8.00. The second-order valence-electron chi connectivity index (χ2n) is 5.53. The van der Waals surface area contributed by atoms with Crippen molar-refractivity contribution in [2.24, 2.45) is 5.41 Å². The normalized spacial score (nSPS) is 22.2. The third kappa shape index (κ3) is 4.58. The molecule has 0 saturated carbocycles. The molecule has 0 aromatic rings. The highest BCUT2D eigenvalue weighted by Crippen LogP contribution is 2.28. The fraction of sp³-hybridized carbons (Fsp3) is 0.833. The molecule has 0 aromatic heterocycles. The Kier molecular flexibility index (Phi) is 4.86. The van der Waals surface area contributed by atoms with Crippen molar-refractivity contribution >= 4 is 23.6 Å². The number of hydrogen-bond acceptors (Lipinski definition) is 3. The summed E-state index contributed by atoms with van der Waals surface area (Å²) in [4.78, 5) is 22.8. The van der Waals surface area contributed by atoms with Crippen molar-refractivity contribution in [3.05, 3.63) is 0 Å². The van der Waals surface area contributed by atoms with Gasteiger partial charge in [-0.05, 0) is 24.0 Å². The van der Waals surface area contributed by atoms with Gasteiger partial charge in [0.1, 0.15) is 0 Å². The Balaban J connectivity index is 2.59. The minimum absolute atomic E-state index is 0.00586. The Morgan fingerprint density at radius 3 is 2.53 bits per heavy atom. The Morgan fingerprint density at radius 2 is 2.12 bits per heavy atom. The van der Waals surface area contributed by atoms with E-state index in [-0.39, 0.29) is 29.0 Å². The number of amides is 1. The summed E-state index contributed by atoms with van der Waals surface area (Å²) in [5, 5.41) is 11.8. The van der Waals surface area contributed by atoms with Crippen LogP contribution in [-0.4, -0.2) is 34.0 Å². The minimum Gasteiger partial charge on any atom is -0.481 e.